The maximum Gasteiger partial charge on any atom is 0.274 e. The van der Waals surface area contributed by atoms with Crippen molar-refractivity contribution in [1.29, 1.82) is 0 Å². The lowest BCUT2D eigenvalue weighted by molar-refractivity contribution is 0.101. The van der Waals surface area contributed by atoms with Gasteiger partial charge in [-0.25, -0.2) is 9.07 Å². The molecule has 5 heteroatoms. The van der Waals surface area contributed by atoms with E-state index in [9.17, 15) is 9.18 Å². The Kier molecular flexibility index (Phi) is 4.96. The maximum absolute atomic E-state index is 14.3. The third-order valence-corrected chi connectivity index (χ3v) is 4.68. The Morgan fingerprint density at radius 1 is 0.897 bits per heavy atom. The number of aryl methyl sites for hydroxylation is 2. The second-order valence-corrected chi connectivity index (χ2v) is 6.96. The third kappa shape index (κ3) is 3.94. The minimum atomic E-state index is -0.383. The van der Waals surface area contributed by atoms with Gasteiger partial charge in [-0.2, -0.15) is 5.10 Å². The highest BCUT2D eigenvalue weighted by atomic mass is 19.1. The molecular formula is C24H20FN3O. The summed E-state index contributed by atoms with van der Waals surface area (Å²) in [7, 11) is 0. The summed E-state index contributed by atoms with van der Waals surface area (Å²) in [5.74, 6) is -0.698. The van der Waals surface area contributed by atoms with Crippen molar-refractivity contribution in [3.8, 4) is 16.9 Å². The van der Waals surface area contributed by atoms with E-state index in [4.69, 9.17) is 0 Å². The number of hydrogen-bond donors (Lipinski definition) is 1. The van der Waals surface area contributed by atoms with Crippen molar-refractivity contribution >= 4 is 11.6 Å². The summed E-state index contributed by atoms with van der Waals surface area (Å²) in [5.41, 5.74) is 4.69. The number of aromatic nitrogens is 2. The number of halogens is 1. The van der Waals surface area contributed by atoms with E-state index in [1.807, 2.05) is 62.4 Å². The Labute approximate surface area is 168 Å². The summed E-state index contributed by atoms with van der Waals surface area (Å²) < 4.78 is 15.9. The average Bonchev–Trinajstić information content (AvgIpc) is 3.16. The minimum absolute atomic E-state index is 0.315. The van der Waals surface area contributed by atoms with E-state index < -0.39 is 0 Å². The Morgan fingerprint density at radius 2 is 1.52 bits per heavy atom. The standard InChI is InChI=1S/C24H20FN3O/c1-16-7-11-18(12-8-16)26-24(29)23-15-22(20-5-3-4-6-21(20)25)27-28(23)19-13-9-17(2)10-14-19/h3-15H,1-2H3,(H,26,29). The van der Waals surface area contributed by atoms with Crippen LogP contribution < -0.4 is 5.32 Å². The van der Waals surface area contributed by atoms with Crippen molar-refractivity contribution in [1.82, 2.24) is 9.78 Å². The topological polar surface area (TPSA) is 46.9 Å². The highest BCUT2D eigenvalue weighted by Crippen LogP contribution is 2.25. The van der Waals surface area contributed by atoms with Gasteiger partial charge < -0.3 is 5.32 Å². The molecule has 0 aliphatic rings. The Hall–Kier alpha value is -3.73. The molecule has 3 aromatic carbocycles. The normalized spacial score (nSPS) is 10.7. The van der Waals surface area contributed by atoms with Crippen molar-refractivity contribution in [3.05, 3.63) is 102 Å². The summed E-state index contributed by atoms with van der Waals surface area (Å²) in [6.07, 6.45) is 0. The summed E-state index contributed by atoms with van der Waals surface area (Å²) in [5, 5.41) is 7.43. The summed E-state index contributed by atoms with van der Waals surface area (Å²) in [6, 6.07) is 23.2. The Morgan fingerprint density at radius 3 is 2.17 bits per heavy atom. The van der Waals surface area contributed by atoms with Gasteiger partial charge in [0, 0.05) is 11.3 Å². The molecular weight excluding hydrogens is 365 g/mol. The van der Waals surface area contributed by atoms with E-state index in [-0.39, 0.29) is 11.7 Å². The number of anilines is 1. The van der Waals surface area contributed by atoms with Gasteiger partial charge >= 0.3 is 0 Å². The predicted octanol–water partition coefficient (Wildman–Crippen LogP) is 5.55. The zero-order chi connectivity index (χ0) is 20.4. The highest BCUT2D eigenvalue weighted by Gasteiger charge is 2.19. The van der Waals surface area contributed by atoms with Crippen LogP contribution in [0.5, 0.6) is 0 Å². The van der Waals surface area contributed by atoms with Gasteiger partial charge in [0.05, 0.1) is 11.4 Å². The number of nitrogens with one attached hydrogen (secondary N) is 1. The van der Waals surface area contributed by atoms with E-state index in [1.165, 1.54) is 6.07 Å². The molecule has 1 N–H and O–H groups in total. The SMILES string of the molecule is Cc1ccc(NC(=O)c2cc(-c3ccccc3F)nn2-c2ccc(C)cc2)cc1. The smallest absolute Gasteiger partial charge is 0.274 e. The van der Waals surface area contributed by atoms with Gasteiger partial charge in [-0.3, -0.25) is 4.79 Å². The number of rotatable bonds is 4. The maximum atomic E-state index is 14.3. The molecule has 29 heavy (non-hydrogen) atoms. The number of benzene rings is 3. The Bertz CT molecular complexity index is 1160. The predicted molar refractivity (Wildman–Crippen MR) is 113 cm³/mol. The number of carbonyl (C=O) groups is 1. The van der Waals surface area contributed by atoms with Crippen LogP contribution >= 0.6 is 0 Å². The van der Waals surface area contributed by atoms with Gasteiger partial charge in [-0.15, -0.1) is 0 Å². The Balaban J connectivity index is 1.78. The van der Waals surface area contributed by atoms with Gasteiger partial charge in [0.15, 0.2) is 0 Å². The molecule has 4 nitrogen and oxygen atoms in total. The fourth-order valence-electron chi connectivity index (χ4n) is 3.06. The van der Waals surface area contributed by atoms with Crippen LogP contribution in [-0.4, -0.2) is 15.7 Å². The fraction of sp³-hybridized carbons (Fsp3) is 0.0833. The van der Waals surface area contributed by atoms with Crippen molar-refractivity contribution in [3.63, 3.8) is 0 Å². The largest absolute Gasteiger partial charge is 0.321 e. The molecule has 0 atom stereocenters. The lowest BCUT2D eigenvalue weighted by Gasteiger charge is -2.09. The molecule has 0 aliphatic carbocycles. The van der Waals surface area contributed by atoms with Crippen LogP contribution in [0.3, 0.4) is 0 Å². The first-order valence-corrected chi connectivity index (χ1v) is 9.31. The lowest BCUT2D eigenvalue weighted by atomic mass is 10.1. The molecule has 4 rings (SSSR count). The van der Waals surface area contributed by atoms with E-state index in [0.29, 0.717) is 22.6 Å². The molecule has 0 fully saturated rings. The molecule has 0 bridgehead atoms. The number of nitrogens with zero attached hydrogens (tertiary/aromatic N) is 2. The third-order valence-electron chi connectivity index (χ3n) is 4.68. The number of hydrogen-bond acceptors (Lipinski definition) is 2. The molecule has 0 aliphatic heterocycles. The van der Waals surface area contributed by atoms with Gasteiger partial charge in [0.1, 0.15) is 11.5 Å². The van der Waals surface area contributed by atoms with Crippen molar-refractivity contribution in [2.75, 3.05) is 5.32 Å². The minimum Gasteiger partial charge on any atom is -0.321 e. The van der Waals surface area contributed by atoms with Crippen LogP contribution in [-0.2, 0) is 0 Å². The molecule has 0 spiro atoms. The first-order chi connectivity index (χ1) is 14.0. The second-order valence-electron chi connectivity index (χ2n) is 6.96. The van der Waals surface area contributed by atoms with Crippen molar-refractivity contribution < 1.29 is 9.18 Å². The summed E-state index contributed by atoms with van der Waals surface area (Å²) in [6.45, 7) is 3.97. The molecule has 1 amide bonds. The van der Waals surface area contributed by atoms with Crippen molar-refractivity contribution in [2.45, 2.75) is 13.8 Å². The molecule has 0 radical (unpaired) electrons. The zero-order valence-electron chi connectivity index (χ0n) is 16.2. The van der Waals surface area contributed by atoms with E-state index >= 15 is 0 Å². The molecule has 0 unspecified atom stereocenters. The molecule has 144 valence electrons. The van der Waals surface area contributed by atoms with E-state index in [0.717, 1.165) is 16.8 Å². The van der Waals surface area contributed by atoms with Crippen LogP contribution in [0.1, 0.15) is 21.6 Å². The molecule has 1 heterocycles. The monoisotopic (exact) mass is 385 g/mol. The van der Waals surface area contributed by atoms with Crippen molar-refractivity contribution in [2.24, 2.45) is 0 Å². The molecule has 0 saturated carbocycles. The van der Waals surface area contributed by atoms with Crippen LogP contribution in [0, 0.1) is 19.7 Å². The molecule has 1 aromatic heterocycles. The van der Waals surface area contributed by atoms with E-state index in [1.54, 1.807) is 28.9 Å². The quantitative estimate of drug-likeness (QED) is 0.501. The highest BCUT2D eigenvalue weighted by molar-refractivity contribution is 6.04. The second kappa shape index (κ2) is 7.72. The van der Waals surface area contributed by atoms with E-state index in [2.05, 4.69) is 10.4 Å². The van der Waals surface area contributed by atoms with Crippen LogP contribution in [0.15, 0.2) is 78.9 Å². The average molecular weight is 385 g/mol. The van der Waals surface area contributed by atoms with Gasteiger partial charge in [0.25, 0.3) is 5.91 Å². The summed E-state index contributed by atoms with van der Waals surface area (Å²) >= 11 is 0. The lowest BCUT2D eigenvalue weighted by Crippen LogP contribution is -2.16. The first kappa shape index (κ1) is 18.6. The van der Waals surface area contributed by atoms with Gasteiger partial charge in [-0.05, 0) is 56.3 Å². The van der Waals surface area contributed by atoms with Gasteiger partial charge in [0.2, 0.25) is 0 Å². The number of amides is 1. The van der Waals surface area contributed by atoms with Crippen LogP contribution in [0.25, 0.3) is 16.9 Å². The van der Waals surface area contributed by atoms with Gasteiger partial charge in [-0.1, -0.05) is 47.5 Å². The first-order valence-electron chi connectivity index (χ1n) is 9.31. The number of carbonyl (C=O) groups excluding carboxylic acids is 1. The molecule has 4 aromatic rings. The molecule has 0 saturated heterocycles. The zero-order valence-corrected chi connectivity index (χ0v) is 16.2. The van der Waals surface area contributed by atoms with Crippen LogP contribution in [0.2, 0.25) is 0 Å². The summed E-state index contributed by atoms with van der Waals surface area (Å²) in [4.78, 5) is 13.0. The fourth-order valence-corrected chi connectivity index (χ4v) is 3.06. The van der Waals surface area contributed by atoms with Crippen LogP contribution in [0.4, 0.5) is 10.1 Å².